The van der Waals surface area contributed by atoms with E-state index in [0.29, 0.717) is 23.2 Å². The molecule has 3 nitrogen and oxygen atoms in total. The van der Waals surface area contributed by atoms with Gasteiger partial charge in [-0.15, -0.1) is 0 Å². The molecule has 1 N–H and O–H groups in total. The van der Waals surface area contributed by atoms with Gasteiger partial charge in [0.1, 0.15) is 5.58 Å². The van der Waals surface area contributed by atoms with Gasteiger partial charge in [-0.05, 0) is 43.0 Å². The summed E-state index contributed by atoms with van der Waals surface area (Å²) in [7, 11) is 0. The zero-order valence-corrected chi connectivity index (χ0v) is 13.0. The summed E-state index contributed by atoms with van der Waals surface area (Å²) in [5, 5.41) is 5.20. The first-order valence-electron chi connectivity index (χ1n) is 7.60. The molecule has 0 radical (unpaired) electrons. The van der Waals surface area contributed by atoms with Gasteiger partial charge >= 0.3 is 5.63 Å². The Morgan fingerprint density at radius 3 is 2.76 bits per heavy atom. The Morgan fingerprint density at radius 2 is 2.00 bits per heavy atom. The Labute approximate surface area is 129 Å². The highest BCUT2D eigenvalue weighted by atomic mass is 35.5. The second-order valence-electron chi connectivity index (χ2n) is 5.90. The van der Waals surface area contributed by atoms with E-state index in [0.717, 1.165) is 16.5 Å². The Hall–Kier alpha value is -1.32. The van der Waals surface area contributed by atoms with Gasteiger partial charge < -0.3 is 9.73 Å². The Balaban J connectivity index is 1.89. The third-order valence-electron chi connectivity index (χ3n) is 4.30. The number of halogens is 1. The lowest BCUT2D eigenvalue weighted by Crippen LogP contribution is -2.30. The second kappa shape index (κ2) is 6.20. The Bertz CT molecular complexity index is 702. The topological polar surface area (TPSA) is 42.2 Å². The van der Waals surface area contributed by atoms with Gasteiger partial charge in [-0.3, -0.25) is 0 Å². The van der Waals surface area contributed by atoms with Gasteiger partial charge in [0, 0.05) is 29.1 Å². The molecule has 0 amide bonds. The minimum Gasteiger partial charge on any atom is -0.423 e. The van der Waals surface area contributed by atoms with E-state index < -0.39 is 0 Å². The highest BCUT2D eigenvalue weighted by Crippen LogP contribution is 2.25. The van der Waals surface area contributed by atoms with Crippen LogP contribution in [-0.4, -0.2) is 6.04 Å². The van der Waals surface area contributed by atoms with Crippen LogP contribution in [0.2, 0.25) is 5.02 Å². The van der Waals surface area contributed by atoms with Gasteiger partial charge in [-0.2, -0.15) is 0 Å². The zero-order chi connectivity index (χ0) is 14.8. The van der Waals surface area contributed by atoms with Crippen molar-refractivity contribution in [3.63, 3.8) is 0 Å². The van der Waals surface area contributed by atoms with Gasteiger partial charge in [0.15, 0.2) is 0 Å². The third-order valence-corrected chi connectivity index (χ3v) is 4.70. The molecule has 4 heteroatoms. The van der Waals surface area contributed by atoms with E-state index in [9.17, 15) is 4.79 Å². The fraction of sp³-hybridized carbons (Fsp3) is 0.471. The predicted octanol–water partition coefficient (Wildman–Crippen LogP) is 4.18. The van der Waals surface area contributed by atoms with E-state index in [1.54, 1.807) is 6.07 Å². The van der Waals surface area contributed by atoms with Crippen molar-refractivity contribution in [3.05, 3.63) is 44.8 Å². The summed E-state index contributed by atoms with van der Waals surface area (Å²) in [4.78, 5) is 11.7. The van der Waals surface area contributed by atoms with Crippen LogP contribution in [-0.2, 0) is 6.54 Å². The van der Waals surface area contributed by atoms with Gasteiger partial charge in [-0.1, -0.05) is 30.9 Å². The summed E-state index contributed by atoms with van der Waals surface area (Å²) < 4.78 is 5.29. The Morgan fingerprint density at radius 1 is 1.24 bits per heavy atom. The molecular formula is C17H20ClNO2. The van der Waals surface area contributed by atoms with Crippen molar-refractivity contribution in [3.8, 4) is 0 Å². The molecular weight excluding hydrogens is 286 g/mol. The van der Waals surface area contributed by atoms with Crippen molar-refractivity contribution < 1.29 is 4.42 Å². The maximum absolute atomic E-state index is 11.7. The summed E-state index contributed by atoms with van der Waals surface area (Å²) in [5.41, 5.74) is 2.20. The van der Waals surface area contributed by atoms with Crippen molar-refractivity contribution in [1.29, 1.82) is 0 Å². The van der Waals surface area contributed by atoms with E-state index in [4.69, 9.17) is 16.0 Å². The van der Waals surface area contributed by atoms with Crippen molar-refractivity contribution in [2.24, 2.45) is 0 Å². The molecule has 1 saturated carbocycles. The summed E-state index contributed by atoms with van der Waals surface area (Å²) >= 11 is 6.21. The Kier molecular flexibility index (Phi) is 4.32. The van der Waals surface area contributed by atoms with E-state index in [1.165, 1.54) is 32.1 Å². The van der Waals surface area contributed by atoms with Crippen molar-refractivity contribution in [2.45, 2.75) is 51.6 Å². The van der Waals surface area contributed by atoms with Gasteiger partial charge in [0.25, 0.3) is 0 Å². The first-order valence-corrected chi connectivity index (χ1v) is 7.97. The molecule has 21 heavy (non-hydrogen) atoms. The number of hydrogen-bond acceptors (Lipinski definition) is 3. The van der Waals surface area contributed by atoms with Gasteiger partial charge in [-0.25, -0.2) is 4.79 Å². The molecule has 0 spiro atoms. The van der Waals surface area contributed by atoms with E-state index >= 15 is 0 Å². The first kappa shape index (κ1) is 14.6. The molecule has 1 fully saturated rings. The smallest absolute Gasteiger partial charge is 0.336 e. The lowest BCUT2D eigenvalue weighted by atomic mass is 9.95. The molecule has 1 aromatic heterocycles. The minimum absolute atomic E-state index is 0.301. The fourth-order valence-electron chi connectivity index (χ4n) is 3.06. The maximum Gasteiger partial charge on any atom is 0.336 e. The quantitative estimate of drug-likeness (QED) is 0.865. The zero-order valence-electron chi connectivity index (χ0n) is 12.2. The summed E-state index contributed by atoms with van der Waals surface area (Å²) in [6.45, 7) is 2.60. The van der Waals surface area contributed by atoms with Crippen LogP contribution in [0.3, 0.4) is 0 Å². The minimum atomic E-state index is -0.301. The monoisotopic (exact) mass is 305 g/mol. The first-order chi connectivity index (χ1) is 10.1. The molecule has 0 atom stereocenters. The number of hydrogen-bond donors (Lipinski definition) is 1. The third kappa shape index (κ3) is 3.30. The summed E-state index contributed by atoms with van der Waals surface area (Å²) in [6, 6.07) is 5.86. The van der Waals surface area contributed by atoms with Crippen LogP contribution in [0.15, 0.2) is 27.4 Å². The highest BCUT2D eigenvalue weighted by molar-refractivity contribution is 6.32. The molecule has 1 heterocycles. The largest absolute Gasteiger partial charge is 0.423 e. The average Bonchev–Trinajstić information content (AvgIpc) is 2.48. The van der Waals surface area contributed by atoms with E-state index in [2.05, 4.69) is 5.32 Å². The number of fused-ring (bicyclic) bond motifs is 1. The number of benzene rings is 1. The number of rotatable bonds is 3. The molecule has 0 bridgehead atoms. The molecule has 0 aliphatic heterocycles. The summed E-state index contributed by atoms with van der Waals surface area (Å²) in [6.07, 6.45) is 6.37. The average molecular weight is 306 g/mol. The lowest BCUT2D eigenvalue weighted by molar-refractivity contribution is 0.372. The van der Waals surface area contributed by atoms with Crippen LogP contribution < -0.4 is 10.9 Å². The second-order valence-corrected chi connectivity index (χ2v) is 6.31. The van der Waals surface area contributed by atoms with Crippen LogP contribution in [0.5, 0.6) is 0 Å². The molecule has 112 valence electrons. The van der Waals surface area contributed by atoms with E-state index in [-0.39, 0.29) is 5.63 Å². The molecule has 1 aliphatic carbocycles. The molecule has 1 aliphatic rings. The molecule has 0 saturated heterocycles. The van der Waals surface area contributed by atoms with E-state index in [1.807, 2.05) is 19.1 Å². The van der Waals surface area contributed by atoms with Crippen molar-refractivity contribution >= 4 is 22.6 Å². The fourth-order valence-corrected chi connectivity index (χ4v) is 3.22. The predicted molar refractivity (Wildman–Crippen MR) is 85.9 cm³/mol. The molecule has 1 aromatic carbocycles. The normalized spacial score (nSPS) is 16.5. The SMILES string of the molecule is Cc1cc2oc(=O)cc(CNC3CCCCC3)c2cc1Cl. The van der Waals surface area contributed by atoms with Crippen LogP contribution in [0.1, 0.15) is 43.2 Å². The number of nitrogens with one attached hydrogen (secondary N) is 1. The van der Waals surface area contributed by atoms with Crippen LogP contribution in [0.4, 0.5) is 0 Å². The highest BCUT2D eigenvalue weighted by Gasteiger charge is 2.14. The standard InChI is InChI=1S/C17H20ClNO2/c1-11-7-16-14(9-15(11)18)12(8-17(20)21-16)10-19-13-5-3-2-4-6-13/h7-9,13,19H,2-6,10H2,1H3. The van der Waals surface area contributed by atoms with Gasteiger partial charge in [0.2, 0.25) is 0 Å². The molecule has 0 unspecified atom stereocenters. The van der Waals surface area contributed by atoms with Crippen molar-refractivity contribution in [1.82, 2.24) is 5.32 Å². The van der Waals surface area contributed by atoms with Crippen molar-refractivity contribution in [2.75, 3.05) is 0 Å². The van der Waals surface area contributed by atoms with Gasteiger partial charge in [0.05, 0.1) is 0 Å². The van der Waals surface area contributed by atoms with Crippen LogP contribution in [0.25, 0.3) is 11.0 Å². The van der Waals surface area contributed by atoms with Crippen LogP contribution >= 0.6 is 11.6 Å². The number of aryl methyl sites for hydroxylation is 1. The summed E-state index contributed by atoms with van der Waals surface area (Å²) in [5.74, 6) is 0. The maximum atomic E-state index is 11.7. The molecule has 3 rings (SSSR count). The molecule has 2 aromatic rings. The van der Waals surface area contributed by atoms with Crippen LogP contribution in [0, 0.1) is 6.92 Å². The lowest BCUT2D eigenvalue weighted by Gasteiger charge is -2.23.